The molecule has 1 aromatic carbocycles. The van der Waals surface area contributed by atoms with Gasteiger partial charge < -0.3 is 0 Å². The Hall–Kier alpha value is -0.350. The molecule has 1 aliphatic carbocycles. The summed E-state index contributed by atoms with van der Waals surface area (Å²) in [6, 6.07) is 11.1. The summed E-state index contributed by atoms with van der Waals surface area (Å²) in [5, 5.41) is 1.59. The lowest BCUT2D eigenvalue weighted by atomic mass is 10.0. The first kappa shape index (κ1) is 10.2. The maximum atomic E-state index is 2.46. The molecule has 0 aromatic heterocycles. The highest BCUT2D eigenvalue weighted by atomic mass is 31.1. The zero-order chi connectivity index (χ0) is 9.80. The van der Waals surface area contributed by atoms with Gasteiger partial charge in [-0.3, -0.25) is 0 Å². The van der Waals surface area contributed by atoms with Crippen molar-refractivity contribution in [3.05, 3.63) is 30.3 Å². The summed E-state index contributed by atoms with van der Waals surface area (Å²) in [5.74, 6) is 0. The molecule has 76 valence electrons. The number of hydrogen-bond donors (Lipinski definition) is 0. The molecular formula is C13H19P. The normalized spacial score (nSPS) is 20.6. The van der Waals surface area contributed by atoms with Crippen LogP contribution in [0.15, 0.2) is 30.3 Å². The number of benzene rings is 1. The summed E-state index contributed by atoms with van der Waals surface area (Å²) in [6.45, 7) is 2.46. The third-order valence-electron chi connectivity index (χ3n) is 3.29. The van der Waals surface area contributed by atoms with E-state index < -0.39 is 0 Å². The highest BCUT2D eigenvalue weighted by Gasteiger charge is 2.20. The van der Waals surface area contributed by atoms with Crippen LogP contribution in [0.3, 0.4) is 0 Å². The van der Waals surface area contributed by atoms with E-state index in [0.29, 0.717) is 0 Å². The van der Waals surface area contributed by atoms with Crippen molar-refractivity contribution in [3.8, 4) is 0 Å². The number of hydrogen-bond acceptors (Lipinski definition) is 0. The first-order valence-corrected chi connectivity index (χ1v) is 7.51. The van der Waals surface area contributed by atoms with Gasteiger partial charge in [-0.05, 0) is 30.5 Å². The van der Waals surface area contributed by atoms with Crippen LogP contribution >= 0.6 is 7.92 Å². The maximum Gasteiger partial charge on any atom is -0.0171 e. The molecule has 1 aromatic rings. The molecule has 0 spiro atoms. The molecule has 0 bridgehead atoms. The minimum absolute atomic E-state index is 0.106. The topological polar surface area (TPSA) is 0 Å². The molecule has 14 heavy (non-hydrogen) atoms. The first-order chi connectivity index (χ1) is 6.88. The van der Waals surface area contributed by atoms with Gasteiger partial charge in [-0.15, -0.1) is 0 Å². The molecule has 2 rings (SSSR count). The summed E-state index contributed by atoms with van der Waals surface area (Å²) in [4.78, 5) is 0. The van der Waals surface area contributed by atoms with E-state index >= 15 is 0 Å². The molecule has 0 amide bonds. The van der Waals surface area contributed by atoms with E-state index in [1.54, 1.807) is 5.30 Å². The monoisotopic (exact) mass is 206 g/mol. The standard InChI is InChI=1S/C13H19P/c1-14(12-8-4-2-5-9-12)13-10-6-3-7-11-13/h2,4-5,8-9,13H,3,6-7,10-11H2,1H3/t14-/m0/s1. The molecule has 0 heterocycles. The van der Waals surface area contributed by atoms with Crippen molar-refractivity contribution in [1.82, 2.24) is 0 Å². The van der Waals surface area contributed by atoms with Crippen molar-refractivity contribution in [3.63, 3.8) is 0 Å². The molecule has 0 N–H and O–H groups in total. The predicted molar refractivity (Wildman–Crippen MR) is 65.8 cm³/mol. The molecule has 1 saturated carbocycles. The fraction of sp³-hybridized carbons (Fsp3) is 0.538. The Morgan fingerprint density at radius 2 is 1.64 bits per heavy atom. The second kappa shape index (κ2) is 4.94. The Morgan fingerprint density at radius 1 is 1.00 bits per heavy atom. The molecule has 0 nitrogen and oxygen atoms in total. The van der Waals surface area contributed by atoms with Crippen molar-refractivity contribution in [2.24, 2.45) is 0 Å². The lowest BCUT2D eigenvalue weighted by Gasteiger charge is -2.28. The van der Waals surface area contributed by atoms with Crippen molar-refractivity contribution in [2.45, 2.75) is 37.8 Å². The molecule has 0 unspecified atom stereocenters. The van der Waals surface area contributed by atoms with Gasteiger partial charge in [-0.1, -0.05) is 57.5 Å². The van der Waals surface area contributed by atoms with Gasteiger partial charge in [0.15, 0.2) is 0 Å². The molecule has 0 saturated heterocycles. The Labute approximate surface area is 88.5 Å². The summed E-state index contributed by atoms with van der Waals surface area (Å²) in [6.07, 6.45) is 7.33. The minimum atomic E-state index is 0.106. The van der Waals surface area contributed by atoms with Crippen LogP contribution in [0.1, 0.15) is 32.1 Å². The van der Waals surface area contributed by atoms with Gasteiger partial charge in [-0.2, -0.15) is 0 Å². The van der Waals surface area contributed by atoms with Crippen molar-refractivity contribution in [2.75, 3.05) is 6.66 Å². The zero-order valence-electron chi connectivity index (χ0n) is 8.95. The highest BCUT2D eigenvalue weighted by Crippen LogP contribution is 2.43. The van der Waals surface area contributed by atoms with Crippen LogP contribution in [-0.4, -0.2) is 12.3 Å². The van der Waals surface area contributed by atoms with Gasteiger partial charge in [-0.25, -0.2) is 0 Å². The summed E-state index contributed by atoms with van der Waals surface area (Å²) >= 11 is 0. The summed E-state index contributed by atoms with van der Waals surface area (Å²) in [7, 11) is 0.106. The van der Waals surface area contributed by atoms with Gasteiger partial charge in [0.05, 0.1) is 0 Å². The van der Waals surface area contributed by atoms with E-state index in [4.69, 9.17) is 0 Å². The van der Waals surface area contributed by atoms with Crippen LogP contribution in [0.25, 0.3) is 0 Å². The quantitative estimate of drug-likeness (QED) is 0.646. The molecule has 1 atom stereocenters. The predicted octanol–water partition coefficient (Wildman–Crippen LogP) is 3.76. The van der Waals surface area contributed by atoms with Crippen LogP contribution in [0, 0.1) is 0 Å². The van der Waals surface area contributed by atoms with Crippen molar-refractivity contribution < 1.29 is 0 Å². The molecule has 1 fully saturated rings. The van der Waals surface area contributed by atoms with Gasteiger partial charge in [0.25, 0.3) is 0 Å². The van der Waals surface area contributed by atoms with E-state index in [-0.39, 0.29) is 7.92 Å². The molecular weight excluding hydrogens is 187 g/mol. The van der Waals surface area contributed by atoms with Crippen LogP contribution in [-0.2, 0) is 0 Å². The minimum Gasteiger partial charge on any atom is -0.0753 e. The Morgan fingerprint density at radius 3 is 2.29 bits per heavy atom. The molecule has 0 radical (unpaired) electrons. The fourth-order valence-electron chi connectivity index (χ4n) is 2.34. The smallest absolute Gasteiger partial charge is 0.0171 e. The Kier molecular flexibility index (Phi) is 3.59. The van der Waals surface area contributed by atoms with Gasteiger partial charge in [0.1, 0.15) is 0 Å². The van der Waals surface area contributed by atoms with Crippen molar-refractivity contribution in [1.29, 1.82) is 0 Å². The zero-order valence-corrected chi connectivity index (χ0v) is 9.84. The summed E-state index contributed by atoms with van der Waals surface area (Å²) in [5.41, 5.74) is 1.00. The average molecular weight is 206 g/mol. The van der Waals surface area contributed by atoms with Gasteiger partial charge in [0, 0.05) is 0 Å². The number of rotatable bonds is 2. The Bertz CT molecular complexity index is 262. The second-order valence-corrected chi connectivity index (χ2v) is 6.71. The van der Waals surface area contributed by atoms with Crippen LogP contribution < -0.4 is 5.30 Å². The van der Waals surface area contributed by atoms with Crippen molar-refractivity contribution >= 4 is 13.2 Å². The maximum absolute atomic E-state index is 2.46. The average Bonchev–Trinajstić information content (AvgIpc) is 2.30. The van der Waals surface area contributed by atoms with Gasteiger partial charge in [0.2, 0.25) is 0 Å². The summed E-state index contributed by atoms with van der Waals surface area (Å²) < 4.78 is 0. The fourth-order valence-corrected chi connectivity index (χ4v) is 4.55. The van der Waals surface area contributed by atoms with Crippen LogP contribution in [0.5, 0.6) is 0 Å². The van der Waals surface area contributed by atoms with Gasteiger partial charge >= 0.3 is 0 Å². The SMILES string of the molecule is C[P@@](c1ccccc1)C1CCCCC1. The van der Waals surface area contributed by atoms with E-state index in [1.807, 2.05) is 0 Å². The lowest BCUT2D eigenvalue weighted by molar-refractivity contribution is 0.512. The highest BCUT2D eigenvalue weighted by molar-refractivity contribution is 7.65. The molecule has 1 aliphatic rings. The van der Waals surface area contributed by atoms with E-state index in [0.717, 1.165) is 5.66 Å². The Balaban J connectivity index is 2.03. The van der Waals surface area contributed by atoms with E-state index in [1.165, 1.54) is 32.1 Å². The van der Waals surface area contributed by atoms with Crippen LogP contribution in [0.2, 0.25) is 0 Å². The third kappa shape index (κ3) is 2.36. The molecule has 0 aliphatic heterocycles. The first-order valence-electron chi connectivity index (χ1n) is 5.66. The second-order valence-electron chi connectivity index (χ2n) is 4.24. The molecule has 1 heteroatoms. The largest absolute Gasteiger partial charge is 0.0753 e. The third-order valence-corrected chi connectivity index (χ3v) is 6.01. The van der Waals surface area contributed by atoms with E-state index in [9.17, 15) is 0 Å². The lowest BCUT2D eigenvalue weighted by Crippen LogP contribution is -2.16. The van der Waals surface area contributed by atoms with E-state index in [2.05, 4.69) is 37.0 Å². The van der Waals surface area contributed by atoms with Crippen LogP contribution in [0.4, 0.5) is 0 Å².